The molecule has 166 valence electrons. The first kappa shape index (κ1) is 23.2. The molecule has 0 saturated carbocycles. The molecule has 0 radical (unpaired) electrons. The highest BCUT2D eigenvalue weighted by molar-refractivity contribution is 8.03. The van der Waals surface area contributed by atoms with Crippen LogP contribution in [0.15, 0.2) is 53.1 Å². The molecule has 2 aromatic carbocycles. The number of anilines is 1. The number of ether oxygens (including phenoxy) is 2. The number of thioether (sulfide) groups is 1. The fraction of sp³-hybridized carbons (Fsp3) is 0.292. The van der Waals surface area contributed by atoms with Crippen LogP contribution in [-0.4, -0.2) is 31.8 Å². The van der Waals surface area contributed by atoms with E-state index in [1.807, 2.05) is 37.3 Å². The summed E-state index contributed by atoms with van der Waals surface area (Å²) in [6.45, 7) is 2.02. The molecule has 7 nitrogen and oxygen atoms in total. The fourth-order valence-corrected chi connectivity index (χ4v) is 4.44. The first-order valence-electron chi connectivity index (χ1n) is 10.2. The lowest BCUT2D eigenvalue weighted by molar-refractivity contribution is -0.121. The fourth-order valence-electron chi connectivity index (χ4n) is 3.56. The molecule has 0 aromatic heterocycles. The third-order valence-electron chi connectivity index (χ3n) is 5.19. The number of amides is 2. The van der Waals surface area contributed by atoms with Gasteiger partial charge < -0.3 is 20.1 Å². The van der Waals surface area contributed by atoms with Crippen LogP contribution in [0.1, 0.15) is 30.4 Å². The van der Waals surface area contributed by atoms with Crippen molar-refractivity contribution in [1.29, 1.82) is 5.26 Å². The normalized spacial score (nSPS) is 15.6. The van der Waals surface area contributed by atoms with Crippen LogP contribution in [0.25, 0.3) is 0 Å². The molecule has 3 rings (SSSR count). The van der Waals surface area contributed by atoms with Crippen LogP contribution in [0.3, 0.4) is 0 Å². The van der Waals surface area contributed by atoms with Crippen molar-refractivity contribution in [2.24, 2.45) is 0 Å². The number of benzene rings is 2. The average Bonchev–Trinajstić information content (AvgIpc) is 2.82. The highest BCUT2D eigenvalue weighted by Gasteiger charge is 2.30. The van der Waals surface area contributed by atoms with Gasteiger partial charge in [-0.2, -0.15) is 5.26 Å². The van der Waals surface area contributed by atoms with Crippen LogP contribution < -0.4 is 20.1 Å². The van der Waals surface area contributed by atoms with Gasteiger partial charge in [-0.1, -0.05) is 43.0 Å². The highest BCUT2D eigenvalue weighted by Crippen LogP contribution is 2.39. The summed E-state index contributed by atoms with van der Waals surface area (Å²) in [5, 5.41) is 15.9. The Bertz CT molecular complexity index is 1090. The van der Waals surface area contributed by atoms with Crippen molar-refractivity contribution in [2.45, 2.75) is 25.7 Å². The second-order valence-electron chi connectivity index (χ2n) is 7.12. The number of aryl methyl sites for hydroxylation is 1. The molecule has 8 heteroatoms. The summed E-state index contributed by atoms with van der Waals surface area (Å²) in [6, 6.07) is 15.2. The third kappa shape index (κ3) is 5.24. The quantitative estimate of drug-likeness (QED) is 0.630. The van der Waals surface area contributed by atoms with E-state index < -0.39 is 5.92 Å². The van der Waals surface area contributed by atoms with Crippen molar-refractivity contribution in [3.8, 4) is 17.6 Å². The van der Waals surface area contributed by atoms with Gasteiger partial charge >= 0.3 is 0 Å². The maximum atomic E-state index is 12.5. The largest absolute Gasteiger partial charge is 0.493 e. The zero-order valence-corrected chi connectivity index (χ0v) is 19.0. The molecule has 0 aliphatic carbocycles. The summed E-state index contributed by atoms with van der Waals surface area (Å²) >= 11 is 1.15. The number of carbonyl (C=O) groups is 2. The number of hydrogen-bond donors (Lipinski definition) is 2. The molecule has 1 aliphatic rings. The van der Waals surface area contributed by atoms with Crippen molar-refractivity contribution in [2.75, 3.05) is 25.3 Å². The zero-order valence-electron chi connectivity index (χ0n) is 18.2. The third-order valence-corrected chi connectivity index (χ3v) is 6.20. The second-order valence-corrected chi connectivity index (χ2v) is 8.11. The van der Waals surface area contributed by atoms with Crippen LogP contribution >= 0.6 is 11.8 Å². The Balaban J connectivity index is 1.80. The Morgan fingerprint density at radius 3 is 2.66 bits per heavy atom. The number of allylic oxidation sites excluding steroid dienone is 1. The summed E-state index contributed by atoms with van der Waals surface area (Å²) in [4.78, 5) is 24.9. The molecule has 1 atom stereocenters. The Morgan fingerprint density at radius 1 is 1.22 bits per heavy atom. The Kier molecular flexibility index (Phi) is 7.79. The van der Waals surface area contributed by atoms with Crippen molar-refractivity contribution in [3.05, 3.63) is 64.2 Å². The van der Waals surface area contributed by atoms with Gasteiger partial charge in [-0.05, 0) is 35.7 Å². The van der Waals surface area contributed by atoms with Crippen LogP contribution in [-0.2, 0) is 16.0 Å². The van der Waals surface area contributed by atoms with Gasteiger partial charge in [-0.15, -0.1) is 0 Å². The molecule has 32 heavy (non-hydrogen) atoms. The summed E-state index contributed by atoms with van der Waals surface area (Å²) in [5.74, 6) is 0.317. The molecule has 0 fully saturated rings. The Morgan fingerprint density at radius 2 is 1.97 bits per heavy atom. The molecule has 2 N–H and O–H groups in total. The zero-order chi connectivity index (χ0) is 23.1. The minimum atomic E-state index is -0.431. The van der Waals surface area contributed by atoms with Gasteiger partial charge in [0.2, 0.25) is 11.8 Å². The van der Waals surface area contributed by atoms with Gasteiger partial charge in [0.05, 0.1) is 36.6 Å². The van der Waals surface area contributed by atoms with Crippen molar-refractivity contribution in [3.63, 3.8) is 0 Å². The van der Waals surface area contributed by atoms with Gasteiger partial charge in [0, 0.05) is 18.0 Å². The van der Waals surface area contributed by atoms with E-state index in [9.17, 15) is 14.9 Å². The predicted molar refractivity (Wildman–Crippen MR) is 125 cm³/mol. The Hall–Kier alpha value is -3.44. The standard InChI is InChI=1S/C24H25N3O4S/c1-4-15-7-5-6-8-19(15)26-23(29)14-32-24-18(13-25)17(12-22(28)27-24)16-9-10-20(30-2)21(11-16)31-3/h5-11,17H,4,12,14H2,1-3H3,(H,26,29)(H,27,28). The van der Waals surface area contributed by atoms with Crippen LogP contribution in [0.5, 0.6) is 11.5 Å². The number of nitrogens with zero attached hydrogens (tertiary/aromatic N) is 1. The number of nitriles is 1. The number of para-hydroxylation sites is 1. The molecule has 2 amide bonds. The van der Waals surface area contributed by atoms with Gasteiger partial charge in [0.15, 0.2) is 11.5 Å². The molecular weight excluding hydrogens is 426 g/mol. The smallest absolute Gasteiger partial charge is 0.234 e. The molecule has 0 saturated heterocycles. The van der Waals surface area contributed by atoms with Crippen molar-refractivity contribution >= 4 is 29.3 Å². The summed E-state index contributed by atoms with van der Waals surface area (Å²) in [7, 11) is 3.08. The summed E-state index contributed by atoms with van der Waals surface area (Å²) in [6.07, 6.45) is 0.939. The maximum absolute atomic E-state index is 12.5. The maximum Gasteiger partial charge on any atom is 0.234 e. The van der Waals surface area contributed by atoms with E-state index in [1.165, 1.54) is 7.11 Å². The highest BCUT2D eigenvalue weighted by atomic mass is 32.2. The molecular formula is C24H25N3O4S. The van der Waals surface area contributed by atoms with Crippen molar-refractivity contribution in [1.82, 2.24) is 5.32 Å². The number of carbonyl (C=O) groups excluding carboxylic acids is 2. The molecule has 2 aromatic rings. The lowest BCUT2D eigenvalue weighted by Crippen LogP contribution is -2.31. The van der Waals surface area contributed by atoms with Crippen LogP contribution in [0.2, 0.25) is 0 Å². The van der Waals surface area contributed by atoms with E-state index in [-0.39, 0.29) is 24.0 Å². The number of hydrogen-bond acceptors (Lipinski definition) is 6. The molecule has 1 unspecified atom stereocenters. The van der Waals surface area contributed by atoms with E-state index in [0.717, 1.165) is 35.0 Å². The topological polar surface area (TPSA) is 100 Å². The number of rotatable bonds is 8. The van der Waals surface area contributed by atoms with E-state index >= 15 is 0 Å². The Labute approximate surface area is 191 Å². The van der Waals surface area contributed by atoms with E-state index in [1.54, 1.807) is 19.2 Å². The van der Waals surface area contributed by atoms with Gasteiger partial charge in [-0.25, -0.2) is 0 Å². The first-order valence-corrected chi connectivity index (χ1v) is 11.2. The molecule has 0 spiro atoms. The van der Waals surface area contributed by atoms with E-state index in [4.69, 9.17) is 9.47 Å². The predicted octanol–water partition coefficient (Wildman–Crippen LogP) is 3.98. The second kappa shape index (κ2) is 10.7. The van der Waals surface area contributed by atoms with Crippen molar-refractivity contribution < 1.29 is 19.1 Å². The van der Waals surface area contributed by atoms with Gasteiger partial charge in [0.1, 0.15) is 0 Å². The number of nitrogens with one attached hydrogen (secondary N) is 2. The number of methoxy groups -OCH3 is 2. The van der Waals surface area contributed by atoms with Gasteiger partial charge in [0.25, 0.3) is 0 Å². The lowest BCUT2D eigenvalue weighted by Gasteiger charge is -2.25. The van der Waals surface area contributed by atoms with Crippen LogP contribution in [0, 0.1) is 11.3 Å². The summed E-state index contributed by atoms with van der Waals surface area (Å²) in [5.41, 5.74) is 3.00. The average molecular weight is 452 g/mol. The lowest BCUT2D eigenvalue weighted by atomic mass is 9.87. The molecule has 1 heterocycles. The molecule has 1 aliphatic heterocycles. The van der Waals surface area contributed by atoms with E-state index in [2.05, 4.69) is 16.7 Å². The molecule has 0 bridgehead atoms. The summed E-state index contributed by atoms with van der Waals surface area (Å²) < 4.78 is 10.6. The van der Waals surface area contributed by atoms with Gasteiger partial charge in [-0.3, -0.25) is 9.59 Å². The van der Waals surface area contributed by atoms with Crippen LogP contribution in [0.4, 0.5) is 5.69 Å². The minimum Gasteiger partial charge on any atom is -0.493 e. The minimum absolute atomic E-state index is 0.0670. The van der Waals surface area contributed by atoms with E-state index in [0.29, 0.717) is 22.1 Å². The SMILES string of the molecule is CCc1ccccc1NC(=O)CSC1=C(C#N)C(c2ccc(OC)c(OC)c2)CC(=O)N1. The first-order chi connectivity index (χ1) is 15.5. The monoisotopic (exact) mass is 451 g/mol.